The van der Waals surface area contributed by atoms with Crippen LogP contribution in [0, 0.1) is 5.82 Å². The number of rotatable bonds is 10. The third-order valence-corrected chi connectivity index (χ3v) is 6.01. The summed E-state index contributed by atoms with van der Waals surface area (Å²) >= 11 is 5.62. The number of anilines is 1. The highest BCUT2D eigenvalue weighted by Crippen LogP contribution is 2.26. The summed E-state index contributed by atoms with van der Waals surface area (Å²) in [6, 6.07) is 15.7. The topological polar surface area (TPSA) is 75.0 Å². The van der Waals surface area contributed by atoms with Crippen LogP contribution in [0.15, 0.2) is 71.3 Å². The quantitative estimate of drug-likeness (QED) is 0.410. The number of carbonyl (C=O) groups excluding carboxylic acids is 2. The molecule has 0 aliphatic carbocycles. The monoisotopic (exact) mass is 495 g/mol. The van der Waals surface area contributed by atoms with Crippen LogP contribution in [-0.2, 0) is 22.7 Å². The first-order valence-electron chi connectivity index (χ1n) is 11.4. The van der Waals surface area contributed by atoms with Gasteiger partial charge in [-0.25, -0.2) is 4.39 Å². The Kier molecular flexibility index (Phi) is 7.77. The van der Waals surface area contributed by atoms with Crippen LogP contribution >= 0.6 is 12.2 Å². The van der Waals surface area contributed by atoms with E-state index in [1.165, 1.54) is 17.0 Å². The Balaban J connectivity index is 1.47. The molecule has 2 aromatic carbocycles. The number of ether oxygens (including phenoxy) is 1. The van der Waals surface area contributed by atoms with Crippen molar-refractivity contribution in [2.75, 3.05) is 11.9 Å². The third-order valence-electron chi connectivity index (χ3n) is 5.55. The van der Waals surface area contributed by atoms with Crippen molar-refractivity contribution < 1.29 is 23.1 Å². The standard InChI is InChI=1S/C26H26FN3O4S/c1-2-13-33-21-11-9-20(10-12-21)28-24(31)15-23-25(32)30(16-18-5-7-19(27)8-6-18)26(35)29(23)17-22-4-3-14-34-22/h3-12,14,23H,2,13,15-17H2,1H3,(H,28,31)/t23-/m1/s1. The smallest absolute Gasteiger partial charge is 0.252 e. The van der Waals surface area contributed by atoms with Crippen molar-refractivity contribution in [2.45, 2.75) is 38.9 Å². The Labute approximate surface area is 208 Å². The van der Waals surface area contributed by atoms with Gasteiger partial charge < -0.3 is 19.4 Å². The number of halogens is 1. The van der Waals surface area contributed by atoms with Crippen molar-refractivity contribution in [3.8, 4) is 5.75 Å². The van der Waals surface area contributed by atoms with Gasteiger partial charge in [-0.1, -0.05) is 19.1 Å². The van der Waals surface area contributed by atoms with Crippen molar-refractivity contribution in [1.82, 2.24) is 9.80 Å². The van der Waals surface area contributed by atoms with Gasteiger partial charge in [0.05, 0.1) is 32.4 Å². The lowest BCUT2D eigenvalue weighted by atomic mass is 10.1. The van der Waals surface area contributed by atoms with E-state index in [0.29, 0.717) is 23.2 Å². The second kappa shape index (κ2) is 11.1. The van der Waals surface area contributed by atoms with Crippen LogP contribution in [0.25, 0.3) is 0 Å². The van der Waals surface area contributed by atoms with E-state index in [-0.39, 0.29) is 37.1 Å². The normalized spacial score (nSPS) is 15.5. The highest BCUT2D eigenvalue weighted by Gasteiger charge is 2.43. The van der Waals surface area contributed by atoms with Crippen LogP contribution < -0.4 is 10.1 Å². The predicted octanol–water partition coefficient (Wildman–Crippen LogP) is 4.73. The van der Waals surface area contributed by atoms with Gasteiger partial charge in [0.1, 0.15) is 23.4 Å². The van der Waals surface area contributed by atoms with Gasteiger partial charge in [-0.2, -0.15) is 0 Å². The number of amides is 2. The molecule has 2 heterocycles. The van der Waals surface area contributed by atoms with Crippen LogP contribution in [0.4, 0.5) is 10.1 Å². The van der Waals surface area contributed by atoms with Crippen LogP contribution in [0.2, 0.25) is 0 Å². The van der Waals surface area contributed by atoms with E-state index in [2.05, 4.69) is 5.32 Å². The van der Waals surface area contributed by atoms with Crippen LogP contribution in [0.5, 0.6) is 5.75 Å². The molecule has 9 heteroatoms. The van der Waals surface area contributed by atoms with E-state index >= 15 is 0 Å². The lowest BCUT2D eigenvalue weighted by Gasteiger charge is -2.22. The van der Waals surface area contributed by atoms with Gasteiger partial charge in [0, 0.05) is 5.69 Å². The molecule has 1 aromatic heterocycles. The molecule has 0 saturated carbocycles. The van der Waals surface area contributed by atoms with Gasteiger partial charge in [-0.3, -0.25) is 14.5 Å². The van der Waals surface area contributed by atoms with E-state index in [1.54, 1.807) is 59.7 Å². The molecule has 0 radical (unpaired) electrons. The van der Waals surface area contributed by atoms with Crippen molar-refractivity contribution in [1.29, 1.82) is 0 Å². The van der Waals surface area contributed by atoms with Crippen LogP contribution in [0.1, 0.15) is 31.1 Å². The maximum Gasteiger partial charge on any atom is 0.252 e. The van der Waals surface area contributed by atoms with E-state index in [9.17, 15) is 14.0 Å². The molecule has 1 aliphatic rings. The van der Waals surface area contributed by atoms with Crippen LogP contribution in [0.3, 0.4) is 0 Å². The third kappa shape index (κ3) is 6.05. The van der Waals surface area contributed by atoms with Crippen LogP contribution in [-0.4, -0.2) is 39.4 Å². The molecule has 182 valence electrons. The highest BCUT2D eigenvalue weighted by atomic mass is 32.1. The zero-order valence-corrected chi connectivity index (χ0v) is 20.1. The minimum Gasteiger partial charge on any atom is -0.494 e. The van der Waals surface area contributed by atoms with E-state index < -0.39 is 6.04 Å². The zero-order chi connectivity index (χ0) is 24.8. The number of carbonyl (C=O) groups is 2. The van der Waals surface area contributed by atoms with Crippen molar-refractivity contribution in [3.63, 3.8) is 0 Å². The summed E-state index contributed by atoms with van der Waals surface area (Å²) in [5.74, 6) is 0.382. The van der Waals surface area contributed by atoms with Gasteiger partial charge in [-0.05, 0) is 72.7 Å². The summed E-state index contributed by atoms with van der Waals surface area (Å²) < 4.78 is 24.3. The molecule has 0 unspecified atom stereocenters. The van der Waals surface area contributed by atoms with Crippen molar-refractivity contribution in [3.05, 3.63) is 84.1 Å². The van der Waals surface area contributed by atoms with Crippen molar-refractivity contribution >= 4 is 34.8 Å². The van der Waals surface area contributed by atoms with Gasteiger partial charge in [0.25, 0.3) is 5.91 Å². The number of hydrogen-bond donors (Lipinski definition) is 1. The number of nitrogens with one attached hydrogen (secondary N) is 1. The second-order valence-corrected chi connectivity index (χ2v) is 8.55. The molecule has 4 rings (SSSR count). The SMILES string of the molecule is CCCOc1ccc(NC(=O)C[C@@H]2C(=O)N(Cc3ccc(F)cc3)C(=S)N2Cc2ccco2)cc1. The van der Waals surface area contributed by atoms with E-state index in [1.807, 2.05) is 6.92 Å². The number of hydrogen-bond acceptors (Lipinski definition) is 5. The van der Waals surface area contributed by atoms with E-state index in [4.69, 9.17) is 21.4 Å². The Morgan fingerprint density at radius 3 is 2.51 bits per heavy atom. The lowest BCUT2D eigenvalue weighted by Crippen LogP contribution is -2.37. The summed E-state index contributed by atoms with van der Waals surface area (Å²) in [6.07, 6.45) is 2.36. The van der Waals surface area contributed by atoms with Gasteiger partial charge in [-0.15, -0.1) is 0 Å². The molecule has 1 aliphatic heterocycles. The maximum atomic E-state index is 13.4. The molecule has 1 saturated heterocycles. The molecular weight excluding hydrogens is 469 g/mol. The van der Waals surface area contributed by atoms with E-state index in [0.717, 1.165) is 17.7 Å². The summed E-state index contributed by atoms with van der Waals surface area (Å²) in [4.78, 5) is 29.4. The molecule has 1 atom stereocenters. The summed E-state index contributed by atoms with van der Waals surface area (Å²) in [5.41, 5.74) is 1.34. The largest absolute Gasteiger partial charge is 0.494 e. The lowest BCUT2D eigenvalue weighted by molar-refractivity contribution is -0.131. The first kappa shape index (κ1) is 24.4. The average molecular weight is 496 g/mol. The van der Waals surface area contributed by atoms with Gasteiger partial charge in [0.15, 0.2) is 5.11 Å². The molecule has 1 N–H and O–H groups in total. The molecule has 7 nitrogen and oxygen atoms in total. The summed E-state index contributed by atoms with van der Waals surface area (Å²) in [6.45, 7) is 3.08. The molecule has 0 spiro atoms. The number of nitrogens with zero attached hydrogens (tertiary/aromatic N) is 2. The fourth-order valence-electron chi connectivity index (χ4n) is 3.80. The molecule has 35 heavy (non-hydrogen) atoms. The Morgan fingerprint density at radius 1 is 1.11 bits per heavy atom. The summed E-state index contributed by atoms with van der Waals surface area (Å²) in [5, 5.41) is 3.13. The first-order chi connectivity index (χ1) is 16.9. The molecule has 3 aromatic rings. The zero-order valence-electron chi connectivity index (χ0n) is 19.3. The average Bonchev–Trinajstić information content (AvgIpc) is 3.44. The first-order valence-corrected chi connectivity index (χ1v) is 11.8. The maximum absolute atomic E-state index is 13.4. The predicted molar refractivity (Wildman–Crippen MR) is 133 cm³/mol. The Bertz CT molecular complexity index is 1170. The number of thiocarbonyl (C=S) groups is 1. The molecule has 2 amide bonds. The minimum absolute atomic E-state index is 0.0896. The fraction of sp³-hybridized carbons (Fsp3) is 0.269. The number of benzene rings is 2. The second-order valence-electron chi connectivity index (χ2n) is 8.18. The highest BCUT2D eigenvalue weighted by molar-refractivity contribution is 7.80. The Morgan fingerprint density at radius 2 is 1.86 bits per heavy atom. The van der Waals surface area contributed by atoms with Gasteiger partial charge >= 0.3 is 0 Å². The summed E-state index contributed by atoms with van der Waals surface area (Å²) in [7, 11) is 0. The Hall–Kier alpha value is -3.72. The molecular formula is C26H26FN3O4S. The number of furan rings is 1. The fourth-order valence-corrected chi connectivity index (χ4v) is 4.15. The van der Waals surface area contributed by atoms with Gasteiger partial charge in [0.2, 0.25) is 5.91 Å². The minimum atomic E-state index is -0.791. The molecule has 0 bridgehead atoms. The van der Waals surface area contributed by atoms with Crippen molar-refractivity contribution in [2.24, 2.45) is 0 Å². The molecule has 1 fully saturated rings.